The fourth-order valence-electron chi connectivity index (χ4n) is 2.30. The molecule has 9 heteroatoms. The van der Waals surface area contributed by atoms with Crippen molar-refractivity contribution >= 4 is 11.9 Å². The summed E-state index contributed by atoms with van der Waals surface area (Å²) in [5, 5.41) is 8.92. The van der Waals surface area contributed by atoms with Gasteiger partial charge in [0.15, 0.2) is 12.2 Å². The van der Waals surface area contributed by atoms with Crippen molar-refractivity contribution < 1.29 is 37.3 Å². The predicted molar refractivity (Wildman–Crippen MR) is 75.5 cm³/mol. The van der Waals surface area contributed by atoms with Crippen molar-refractivity contribution in [2.24, 2.45) is 0 Å². The average Bonchev–Trinajstić information content (AvgIpc) is 2.53. The van der Waals surface area contributed by atoms with Crippen LogP contribution in [0.3, 0.4) is 0 Å². The van der Waals surface area contributed by atoms with Gasteiger partial charge >= 0.3 is 12.1 Å². The molecule has 0 spiro atoms. The molecule has 2 atom stereocenters. The van der Waals surface area contributed by atoms with Crippen LogP contribution in [0.2, 0.25) is 0 Å². The molecule has 0 unspecified atom stereocenters. The van der Waals surface area contributed by atoms with Crippen LogP contribution in [0.1, 0.15) is 12.5 Å². The van der Waals surface area contributed by atoms with Gasteiger partial charge in [-0.2, -0.15) is 13.2 Å². The Labute approximate surface area is 135 Å². The van der Waals surface area contributed by atoms with E-state index in [1.54, 1.807) is 0 Å². The number of para-hydroxylation sites is 1. The Morgan fingerprint density at radius 1 is 1.38 bits per heavy atom. The average molecular weight is 347 g/mol. The zero-order valence-corrected chi connectivity index (χ0v) is 12.7. The summed E-state index contributed by atoms with van der Waals surface area (Å²) in [5.41, 5.74) is -0.977. The monoisotopic (exact) mass is 347 g/mol. The Morgan fingerprint density at radius 3 is 2.67 bits per heavy atom. The van der Waals surface area contributed by atoms with Crippen LogP contribution in [0.5, 0.6) is 5.75 Å². The van der Waals surface area contributed by atoms with Crippen LogP contribution in [-0.4, -0.2) is 53.8 Å². The number of ether oxygens (including phenoxy) is 2. The summed E-state index contributed by atoms with van der Waals surface area (Å²) in [7, 11) is 0. The number of aliphatic carboxylic acids is 1. The van der Waals surface area contributed by atoms with Gasteiger partial charge in [-0.25, -0.2) is 4.79 Å². The smallest absolute Gasteiger partial charge is 0.419 e. The third kappa shape index (κ3) is 4.16. The highest BCUT2D eigenvalue weighted by Crippen LogP contribution is 2.36. The molecule has 0 aliphatic carbocycles. The highest BCUT2D eigenvalue weighted by atomic mass is 19.4. The summed E-state index contributed by atoms with van der Waals surface area (Å²) in [6, 6.07) is 4.59. The lowest BCUT2D eigenvalue weighted by molar-refractivity contribution is -0.161. The van der Waals surface area contributed by atoms with E-state index in [-0.39, 0.29) is 19.7 Å². The van der Waals surface area contributed by atoms with Crippen LogP contribution in [0.4, 0.5) is 13.2 Å². The fourth-order valence-corrected chi connectivity index (χ4v) is 2.30. The molecule has 24 heavy (non-hydrogen) atoms. The third-order valence-electron chi connectivity index (χ3n) is 3.50. The highest BCUT2D eigenvalue weighted by Gasteiger charge is 2.36. The maximum atomic E-state index is 12.9. The molecular formula is C15H16F3NO5. The van der Waals surface area contributed by atoms with Crippen LogP contribution in [-0.2, 0) is 20.5 Å². The van der Waals surface area contributed by atoms with Gasteiger partial charge in [-0.3, -0.25) is 4.79 Å². The van der Waals surface area contributed by atoms with Gasteiger partial charge in [0, 0.05) is 6.54 Å². The molecule has 1 saturated heterocycles. The molecule has 0 bridgehead atoms. The molecule has 1 aliphatic rings. The maximum absolute atomic E-state index is 12.9. The number of halogens is 3. The van der Waals surface area contributed by atoms with E-state index in [0.29, 0.717) is 0 Å². The zero-order chi connectivity index (χ0) is 17.9. The first-order valence-electron chi connectivity index (χ1n) is 7.16. The second-order valence-corrected chi connectivity index (χ2v) is 5.24. The minimum absolute atomic E-state index is 0.0363. The van der Waals surface area contributed by atoms with Gasteiger partial charge in [-0.1, -0.05) is 12.1 Å². The molecule has 1 aromatic carbocycles. The largest absolute Gasteiger partial charge is 0.480 e. The molecule has 2 rings (SSSR count). The summed E-state index contributed by atoms with van der Waals surface area (Å²) in [6.45, 7) is 1.33. The van der Waals surface area contributed by atoms with Crippen molar-refractivity contribution in [3.63, 3.8) is 0 Å². The number of amides is 1. The summed E-state index contributed by atoms with van der Waals surface area (Å²) in [6.07, 6.45) is -6.95. The normalized spacial score (nSPS) is 19.7. The summed E-state index contributed by atoms with van der Waals surface area (Å²) in [5.74, 6) is -2.25. The minimum atomic E-state index is -4.60. The van der Waals surface area contributed by atoms with Crippen molar-refractivity contribution in [1.82, 2.24) is 4.90 Å². The van der Waals surface area contributed by atoms with E-state index in [9.17, 15) is 22.8 Å². The molecule has 1 heterocycles. The number of hydrogen-bond acceptors (Lipinski definition) is 4. The summed E-state index contributed by atoms with van der Waals surface area (Å²) in [4.78, 5) is 24.4. The van der Waals surface area contributed by atoms with Gasteiger partial charge in [0.1, 0.15) is 5.75 Å². The Balaban J connectivity index is 2.09. The van der Waals surface area contributed by atoms with Crippen molar-refractivity contribution in [3.8, 4) is 5.75 Å². The molecule has 1 N–H and O–H groups in total. The van der Waals surface area contributed by atoms with Gasteiger partial charge in [0.25, 0.3) is 5.91 Å². The zero-order valence-electron chi connectivity index (χ0n) is 12.7. The van der Waals surface area contributed by atoms with Crippen LogP contribution in [0.25, 0.3) is 0 Å². The number of morpholine rings is 1. The van der Waals surface area contributed by atoms with Crippen LogP contribution >= 0.6 is 0 Å². The second kappa shape index (κ2) is 7.08. The van der Waals surface area contributed by atoms with Gasteiger partial charge < -0.3 is 19.5 Å². The molecule has 132 valence electrons. The summed E-state index contributed by atoms with van der Waals surface area (Å²) >= 11 is 0. The Hall–Kier alpha value is -2.29. The number of carbonyl (C=O) groups is 2. The van der Waals surface area contributed by atoms with E-state index in [2.05, 4.69) is 0 Å². The van der Waals surface area contributed by atoms with Gasteiger partial charge in [0.05, 0.1) is 18.7 Å². The van der Waals surface area contributed by atoms with Gasteiger partial charge in [0.2, 0.25) is 0 Å². The van der Waals surface area contributed by atoms with Crippen molar-refractivity contribution in [2.75, 3.05) is 19.7 Å². The standard InChI is InChI=1S/C15H16F3NO5/c1-9(13(20)19-6-7-23-12(8-19)14(21)22)24-11-5-3-2-4-10(11)15(16,17)18/h2-5,9,12H,6-8H2,1H3,(H,21,22)/t9-,12-/m0/s1. The minimum Gasteiger partial charge on any atom is -0.480 e. The van der Waals surface area contributed by atoms with Gasteiger partial charge in [-0.05, 0) is 19.1 Å². The van der Waals surface area contributed by atoms with Gasteiger partial charge in [-0.15, -0.1) is 0 Å². The topological polar surface area (TPSA) is 76.1 Å². The number of hydrogen-bond donors (Lipinski definition) is 1. The number of carbonyl (C=O) groups excluding carboxylic acids is 1. The molecule has 1 amide bonds. The molecule has 1 aliphatic heterocycles. The number of alkyl halides is 3. The molecule has 0 aromatic heterocycles. The number of carboxylic acid groups (broad SMARTS) is 1. The Morgan fingerprint density at radius 2 is 2.04 bits per heavy atom. The molecule has 6 nitrogen and oxygen atoms in total. The predicted octanol–water partition coefficient (Wildman–Crippen LogP) is 1.78. The maximum Gasteiger partial charge on any atom is 0.419 e. The first-order chi connectivity index (χ1) is 11.2. The lowest BCUT2D eigenvalue weighted by Gasteiger charge is -2.32. The third-order valence-corrected chi connectivity index (χ3v) is 3.50. The molecular weight excluding hydrogens is 331 g/mol. The van der Waals surface area contributed by atoms with E-state index in [4.69, 9.17) is 14.6 Å². The van der Waals surface area contributed by atoms with Crippen molar-refractivity contribution in [3.05, 3.63) is 29.8 Å². The SMILES string of the molecule is C[C@H](Oc1ccccc1C(F)(F)F)C(=O)N1CCO[C@H](C(=O)O)C1. The molecule has 1 fully saturated rings. The first-order valence-corrected chi connectivity index (χ1v) is 7.16. The number of nitrogens with zero attached hydrogens (tertiary/aromatic N) is 1. The van der Waals surface area contributed by atoms with E-state index >= 15 is 0 Å². The molecule has 0 saturated carbocycles. The number of benzene rings is 1. The fraction of sp³-hybridized carbons (Fsp3) is 0.467. The van der Waals surface area contributed by atoms with Crippen molar-refractivity contribution in [2.45, 2.75) is 25.3 Å². The van der Waals surface area contributed by atoms with Crippen LogP contribution in [0.15, 0.2) is 24.3 Å². The molecule has 1 aromatic rings. The van der Waals surface area contributed by atoms with E-state index in [0.717, 1.165) is 12.1 Å². The molecule has 0 radical (unpaired) electrons. The lowest BCUT2D eigenvalue weighted by atomic mass is 10.2. The number of rotatable bonds is 4. The number of carboxylic acids is 1. The summed E-state index contributed by atoms with van der Waals surface area (Å²) < 4.78 is 49.0. The van der Waals surface area contributed by atoms with E-state index in [1.165, 1.54) is 24.0 Å². The van der Waals surface area contributed by atoms with Crippen LogP contribution in [0, 0.1) is 0 Å². The Kier molecular flexibility index (Phi) is 5.33. The Bertz CT molecular complexity index is 619. The van der Waals surface area contributed by atoms with Crippen LogP contribution < -0.4 is 4.74 Å². The quantitative estimate of drug-likeness (QED) is 0.899. The lowest BCUT2D eigenvalue weighted by Crippen LogP contribution is -2.51. The van der Waals surface area contributed by atoms with E-state index in [1.807, 2.05) is 0 Å². The first kappa shape index (κ1) is 18.1. The highest BCUT2D eigenvalue weighted by molar-refractivity contribution is 5.82. The van der Waals surface area contributed by atoms with Crippen molar-refractivity contribution in [1.29, 1.82) is 0 Å². The van der Waals surface area contributed by atoms with E-state index < -0.39 is 41.6 Å². The second-order valence-electron chi connectivity index (χ2n) is 5.24.